The van der Waals surface area contributed by atoms with Gasteiger partial charge >= 0.3 is 0 Å². The molecule has 3 aromatic rings. The quantitative estimate of drug-likeness (QED) is 0.714. The number of hydrogen-bond donors (Lipinski definition) is 0. The minimum Gasteiger partial charge on any atom is -0.493 e. The van der Waals surface area contributed by atoms with Gasteiger partial charge in [0.05, 0.1) is 24.7 Å². The molecule has 0 amide bonds. The van der Waals surface area contributed by atoms with Crippen molar-refractivity contribution in [1.82, 2.24) is 0 Å². The molecule has 0 atom stereocenters. The van der Waals surface area contributed by atoms with Crippen LogP contribution < -0.4 is 9.47 Å². The second-order valence-electron chi connectivity index (χ2n) is 4.10. The number of fused-ring (bicyclic) bond motifs is 1. The van der Waals surface area contributed by atoms with Crippen LogP contribution in [0.4, 0.5) is 0 Å². The lowest BCUT2D eigenvalue weighted by atomic mass is 10.1. The fraction of sp³-hybridized carbons (Fsp3) is 0.133. The molecule has 0 spiro atoms. The first-order chi connectivity index (χ1) is 9.78. The number of rotatable bonds is 3. The van der Waals surface area contributed by atoms with E-state index < -0.39 is 0 Å². The number of hydrogen-bond acceptors (Lipinski definition) is 5. The maximum absolute atomic E-state index is 9.48. The molecule has 3 rings (SSSR count). The van der Waals surface area contributed by atoms with Gasteiger partial charge in [0.15, 0.2) is 11.5 Å². The molecule has 0 bridgehead atoms. The van der Waals surface area contributed by atoms with Gasteiger partial charge in [0.25, 0.3) is 0 Å². The Hall–Kier alpha value is -2.03. The summed E-state index contributed by atoms with van der Waals surface area (Å²) >= 11 is 3.24. The van der Waals surface area contributed by atoms with Crippen LogP contribution in [0.15, 0.2) is 29.6 Å². The molecule has 0 saturated carbocycles. The predicted molar refractivity (Wildman–Crippen MR) is 83.0 cm³/mol. The molecule has 0 radical (unpaired) electrons. The van der Waals surface area contributed by atoms with Crippen molar-refractivity contribution >= 4 is 32.8 Å². The number of benzene rings is 1. The summed E-state index contributed by atoms with van der Waals surface area (Å²) in [5.74, 6) is 1.33. The van der Waals surface area contributed by atoms with E-state index >= 15 is 0 Å². The average Bonchev–Trinajstić information content (AvgIpc) is 3.11. The van der Waals surface area contributed by atoms with Crippen molar-refractivity contribution in [3.05, 3.63) is 35.2 Å². The van der Waals surface area contributed by atoms with Crippen molar-refractivity contribution in [2.45, 2.75) is 0 Å². The third kappa shape index (κ3) is 1.94. The summed E-state index contributed by atoms with van der Waals surface area (Å²) in [6.07, 6.45) is 0. The minimum absolute atomic E-state index is 0.645. The van der Waals surface area contributed by atoms with Crippen LogP contribution in [0.1, 0.15) is 5.56 Å². The molecule has 2 heterocycles. The molecule has 0 aliphatic heterocycles. The first-order valence-corrected chi connectivity index (χ1v) is 7.60. The van der Waals surface area contributed by atoms with Gasteiger partial charge in [-0.25, -0.2) is 0 Å². The van der Waals surface area contributed by atoms with Gasteiger partial charge in [-0.3, -0.25) is 0 Å². The normalized spacial score (nSPS) is 10.4. The summed E-state index contributed by atoms with van der Waals surface area (Å²) in [5.41, 5.74) is 0.702. The average molecular weight is 301 g/mol. The van der Waals surface area contributed by atoms with Gasteiger partial charge in [0.1, 0.15) is 6.07 Å². The van der Waals surface area contributed by atoms with Crippen molar-refractivity contribution < 1.29 is 9.47 Å². The number of nitriles is 1. The van der Waals surface area contributed by atoms with E-state index in [2.05, 4.69) is 6.07 Å². The Bertz CT molecular complexity index is 797. The molecule has 5 heteroatoms. The summed E-state index contributed by atoms with van der Waals surface area (Å²) in [5, 5.41) is 12.4. The summed E-state index contributed by atoms with van der Waals surface area (Å²) in [6, 6.07) is 10.1. The fourth-order valence-electron chi connectivity index (χ4n) is 2.12. The van der Waals surface area contributed by atoms with Crippen LogP contribution in [0.3, 0.4) is 0 Å². The van der Waals surface area contributed by atoms with Crippen molar-refractivity contribution in [1.29, 1.82) is 5.26 Å². The molecular formula is C15H11NO2S2. The highest BCUT2D eigenvalue weighted by atomic mass is 32.1. The third-order valence-electron chi connectivity index (χ3n) is 3.05. The lowest BCUT2D eigenvalue weighted by Gasteiger charge is -2.06. The SMILES string of the molecule is COc1cc2sc(-c3cccs3)c(C#N)c2cc1OC. The van der Waals surface area contributed by atoms with Crippen molar-refractivity contribution in [3.8, 4) is 27.3 Å². The van der Waals surface area contributed by atoms with E-state index in [-0.39, 0.29) is 0 Å². The van der Waals surface area contributed by atoms with Gasteiger partial charge in [-0.15, -0.1) is 22.7 Å². The largest absolute Gasteiger partial charge is 0.493 e. The molecule has 0 aliphatic rings. The molecule has 100 valence electrons. The van der Waals surface area contributed by atoms with Crippen LogP contribution >= 0.6 is 22.7 Å². The van der Waals surface area contributed by atoms with Crippen LogP contribution in [0, 0.1) is 11.3 Å². The predicted octanol–water partition coefficient (Wildman–Crippen LogP) is 4.52. The Kier molecular flexibility index (Phi) is 3.35. The summed E-state index contributed by atoms with van der Waals surface area (Å²) < 4.78 is 11.7. The van der Waals surface area contributed by atoms with Crippen molar-refractivity contribution in [2.75, 3.05) is 14.2 Å². The highest BCUT2D eigenvalue weighted by molar-refractivity contribution is 7.26. The number of thiophene rings is 2. The fourth-order valence-corrected chi connectivity index (χ4v) is 4.14. The van der Waals surface area contributed by atoms with Crippen LogP contribution in [0.2, 0.25) is 0 Å². The molecular weight excluding hydrogens is 290 g/mol. The standard InChI is InChI=1S/C15H11NO2S2/c1-17-11-6-9-10(8-16)15(13-4-3-5-19-13)20-14(9)7-12(11)18-2/h3-7H,1-2H3. The van der Waals surface area contributed by atoms with E-state index in [0.717, 1.165) is 19.8 Å². The maximum Gasteiger partial charge on any atom is 0.162 e. The zero-order valence-electron chi connectivity index (χ0n) is 11.0. The molecule has 0 unspecified atom stereocenters. The Labute approximate surface area is 124 Å². The molecule has 2 aromatic heterocycles. The molecule has 20 heavy (non-hydrogen) atoms. The van der Waals surface area contributed by atoms with Crippen LogP contribution in [0.5, 0.6) is 11.5 Å². The van der Waals surface area contributed by atoms with Crippen LogP contribution in [-0.4, -0.2) is 14.2 Å². The molecule has 0 saturated heterocycles. The molecule has 1 aromatic carbocycles. The van der Waals surface area contributed by atoms with E-state index in [0.29, 0.717) is 17.1 Å². The summed E-state index contributed by atoms with van der Waals surface area (Å²) in [4.78, 5) is 2.12. The van der Waals surface area contributed by atoms with Gasteiger partial charge in [-0.05, 0) is 17.5 Å². The van der Waals surface area contributed by atoms with Crippen molar-refractivity contribution in [3.63, 3.8) is 0 Å². The van der Waals surface area contributed by atoms with Gasteiger partial charge < -0.3 is 9.47 Å². The second kappa shape index (κ2) is 5.16. The highest BCUT2D eigenvalue weighted by Crippen LogP contribution is 2.44. The zero-order valence-corrected chi connectivity index (χ0v) is 12.6. The van der Waals surface area contributed by atoms with E-state index in [9.17, 15) is 5.26 Å². The zero-order chi connectivity index (χ0) is 14.1. The van der Waals surface area contributed by atoms with Crippen molar-refractivity contribution in [2.24, 2.45) is 0 Å². The Morgan fingerprint density at radius 3 is 2.50 bits per heavy atom. The van der Waals surface area contributed by atoms with E-state index in [1.165, 1.54) is 0 Å². The van der Waals surface area contributed by atoms with E-state index in [1.54, 1.807) is 36.9 Å². The number of methoxy groups -OCH3 is 2. The monoisotopic (exact) mass is 301 g/mol. The maximum atomic E-state index is 9.48. The Morgan fingerprint density at radius 2 is 1.90 bits per heavy atom. The number of ether oxygens (including phenoxy) is 2. The lowest BCUT2D eigenvalue weighted by molar-refractivity contribution is 0.356. The molecule has 0 N–H and O–H groups in total. The smallest absolute Gasteiger partial charge is 0.162 e. The van der Waals surface area contributed by atoms with Gasteiger partial charge in [0, 0.05) is 21.0 Å². The topological polar surface area (TPSA) is 42.2 Å². The summed E-state index contributed by atoms with van der Waals surface area (Å²) in [6.45, 7) is 0. The van der Waals surface area contributed by atoms with Crippen LogP contribution in [0.25, 0.3) is 19.8 Å². The first kappa shape index (κ1) is 13.0. The Balaban J connectivity index is 2.32. The minimum atomic E-state index is 0.645. The van der Waals surface area contributed by atoms with Gasteiger partial charge in [0.2, 0.25) is 0 Å². The van der Waals surface area contributed by atoms with E-state index in [4.69, 9.17) is 9.47 Å². The molecule has 3 nitrogen and oxygen atoms in total. The Morgan fingerprint density at radius 1 is 1.15 bits per heavy atom. The highest BCUT2D eigenvalue weighted by Gasteiger charge is 2.17. The second-order valence-corrected chi connectivity index (χ2v) is 6.10. The third-order valence-corrected chi connectivity index (χ3v) is 5.25. The lowest BCUT2D eigenvalue weighted by Crippen LogP contribution is -1.89. The van der Waals surface area contributed by atoms with Gasteiger partial charge in [-0.1, -0.05) is 6.07 Å². The summed E-state index contributed by atoms with van der Waals surface area (Å²) in [7, 11) is 3.21. The van der Waals surface area contributed by atoms with E-state index in [1.807, 2.05) is 29.6 Å². The molecule has 0 fully saturated rings. The first-order valence-electron chi connectivity index (χ1n) is 5.91. The molecule has 0 aliphatic carbocycles. The number of nitrogens with zero attached hydrogens (tertiary/aromatic N) is 1. The van der Waals surface area contributed by atoms with Gasteiger partial charge in [-0.2, -0.15) is 5.26 Å². The van der Waals surface area contributed by atoms with Crippen LogP contribution in [-0.2, 0) is 0 Å².